The fourth-order valence-corrected chi connectivity index (χ4v) is 16.2. The van der Waals surface area contributed by atoms with Crippen LogP contribution in [0.4, 0.5) is 0 Å². The van der Waals surface area contributed by atoms with Gasteiger partial charge in [0, 0.05) is 0 Å². The van der Waals surface area contributed by atoms with Gasteiger partial charge < -0.3 is 104 Å². The SMILES string of the molecule is CC1(C)CCC2(C(=O)OC3OC(CO)C(O)C(O)C3O)CCC3(C)C(=CCC4C5(C)CCC(OC6OC(C(=O)O)C(OC7OC(CO)C(O)C(O)C7O)C(O)C6OC6OCC(O)C(O)C6O)C(C)(C)C5CCC43C)C2C1. The lowest BCUT2D eigenvalue weighted by Gasteiger charge is -2.71. The first kappa shape index (κ1) is 58.6. The highest BCUT2D eigenvalue weighted by Crippen LogP contribution is 2.76. The topological polar surface area (TPSA) is 371 Å². The molecule has 23 nitrogen and oxygen atoms in total. The third-order valence-electron chi connectivity index (χ3n) is 21.0. The Morgan fingerprint density at radius 3 is 1.83 bits per heavy atom. The van der Waals surface area contributed by atoms with Crippen molar-refractivity contribution in [2.75, 3.05) is 19.8 Å². The number of carboxylic acids is 1. The maximum atomic E-state index is 14.8. The average Bonchev–Trinajstić information content (AvgIpc) is 3.46. The molecule has 0 aromatic rings. The Hall–Kier alpha value is -2.08. The van der Waals surface area contributed by atoms with Crippen LogP contribution in [0.2, 0.25) is 0 Å². The second-order valence-electron chi connectivity index (χ2n) is 25.9. The number of hydrogen-bond donors (Lipinski definition) is 13. The maximum absolute atomic E-state index is 14.8. The van der Waals surface area contributed by atoms with E-state index in [0.717, 1.165) is 25.7 Å². The molecule has 8 fully saturated rings. The molecule has 0 radical (unpaired) electrons. The summed E-state index contributed by atoms with van der Waals surface area (Å²) < 4.78 is 47.7. The van der Waals surface area contributed by atoms with Gasteiger partial charge in [0.05, 0.1) is 31.3 Å². The molecule has 0 spiro atoms. The standard InChI is InChI=1S/C53H84O23/c1-48(2)14-16-53(47(68)76-45-37(64)34(61)32(59)26(20-55)71-45)17-15-51(6)22(23(53)18-48)8-9-28-50(5)12-11-29(49(3,4)27(50)10-13-52(28,51)7)72-46-40(74-43-35(62)30(57)24(56)21-69-43)38(65)39(41(75-46)42(66)67)73-44-36(63)33(60)31(58)25(19-54)70-44/h8,23-41,43-46,54-65H,9-21H2,1-7H3,(H,66,67). The average molecular weight is 1090 g/mol. The lowest BCUT2D eigenvalue weighted by atomic mass is 9.33. The zero-order valence-corrected chi connectivity index (χ0v) is 44.4. The Kier molecular flexibility index (Phi) is 16.2. The van der Waals surface area contributed by atoms with Crippen molar-refractivity contribution in [2.24, 2.45) is 50.2 Å². The molecular formula is C53H84O23. The molecule has 0 amide bonds. The maximum Gasteiger partial charge on any atom is 0.335 e. The van der Waals surface area contributed by atoms with E-state index in [1.807, 2.05) is 0 Å². The smallest absolute Gasteiger partial charge is 0.335 e. The molecule has 23 heteroatoms. The monoisotopic (exact) mass is 1090 g/mol. The molecule has 27 atom stereocenters. The highest BCUT2D eigenvalue weighted by molar-refractivity contribution is 5.79. The van der Waals surface area contributed by atoms with Gasteiger partial charge in [0.1, 0.15) is 85.5 Å². The van der Waals surface area contributed by atoms with Gasteiger partial charge in [0.15, 0.2) is 25.0 Å². The van der Waals surface area contributed by atoms with Gasteiger partial charge in [-0.2, -0.15) is 0 Å². The minimum atomic E-state index is -2.04. The third kappa shape index (κ3) is 9.42. The molecule has 5 aliphatic carbocycles. The van der Waals surface area contributed by atoms with E-state index in [1.54, 1.807) is 0 Å². The molecule has 434 valence electrons. The first-order valence-corrected chi connectivity index (χ1v) is 27.2. The van der Waals surface area contributed by atoms with Gasteiger partial charge in [0.25, 0.3) is 0 Å². The molecule has 13 N–H and O–H groups in total. The van der Waals surface area contributed by atoms with Gasteiger partial charge in [-0.05, 0) is 109 Å². The summed E-state index contributed by atoms with van der Waals surface area (Å²) in [5.74, 6) is -2.19. The van der Waals surface area contributed by atoms with Crippen molar-refractivity contribution < 1.29 is 114 Å². The van der Waals surface area contributed by atoms with Crippen LogP contribution in [0.15, 0.2) is 11.6 Å². The number of aliphatic hydroxyl groups is 12. The fourth-order valence-electron chi connectivity index (χ4n) is 16.2. The fraction of sp³-hybridized carbons (Fsp3) is 0.925. The number of hydrogen-bond acceptors (Lipinski definition) is 22. The summed E-state index contributed by atoms with van der Waals surface area (Å²) in [4.78, 5) is 27.8. The van der Waals surface area contributed by atoms with Gasteiger partial charge in [-0.25, -0.2) is 4.79 Å². The number of aliphatic carboxylic acids is 1. The van der Waals surface area contributed by atoms with Crippen molar-refractivity contribution in [3.8, 4) is 0 Å². The second kappa shape index (κ2) is 21.0. The van der Waals surface area contributed by atoms with Crippen molar-refractivity contribution >= 4 is 11.9 Å². The number of allylic oxidation sites excluding steroid dienone is 2. The number of ether oxygens (including phenoxy) is 8. The summed E-state index contributed by atoms with van der Waals surface area (Å²) in [6, 6.07) is 0. The molecular weight excluding hydrogens is 1000 g/mol. The van der Waals surface area contributed by atoms with Crippen LogP contribution in [0.5, 0.6) is 0 Å². The van der Waals surface area contributed by atoms with Crippen LogP contribution in [-0.2, 0) is 47.5 Å². The zero-order chi connectivity index (χ0) is 55.6. The van der Waals surface area contributed by atoms with Gasteiger partial charge in [-0.3, -0.25) is 4.79 Å². The summed E-state index contributed by atoms with van der Waals surface area (Å²) in [6.45, 7) is 13.7. The van der Waals surface area contributed by atoms with Crippen molar-refractivity contribution in [2.45, 2.75) is 235 Å². The first-order chi connectivity index (χ1) is 35.5. The molecule has 9 rings (SSSR count). The molecule has 27 unspecified atom stereocenters. The van der Waals surface area contributed by atoms with E-state index in [0.29, 0.717) is 38.5 Å². The highest BCUT2D eigenvalue weighted by atomic mass is 16.8. The Labute approximate surface area is 442 Å². The first-order valence-electron chi connectivity index (χ1n) is 27.2. The van der Waals surface area contributed by atoms with E-state index < -0.39 is 165 Å². The van der Waals surface area contributed by atoms with E-state index in [4.69, 9.17) is 37.9 Å². The number of carboxylic acid groups (broad SMARTS) is 1. The predicted octanol–water partition coefficient (Wildman–Crippen LogP) is -1.30. The quantitative estimate of drug-likeness (QED) is 0.0649. The number of fused-ring (bicyclic) bond motifs is 7. The van der Waals surface area contributed by atoms with Crippen LogP contribution in [0, 0.1) is 50.2 Å². The van der Waals surface area contributed by atoms with Crippen molar-refractivity contribution in [3.63, 3.8) is 0 Å². The Balaban J connectivity index is 0.978. The number of carbonyl (C=O) groups is 2. The third-order valence-corrected chi connectivity index (χ3v) is 21.0. The number of rotatable bonds is 11. The van der Waals surface area contributed by atoms with Gasteiger partial charge in [-0.1, -0.05) is 60.1 Å². The molecule has 0 aromatic heterocycles. The van der Waals surface area contributed by atoms with E-state index in [9.17, 15) is 76.0 Å². The lowest BCUT2D eigenvalue weighted by Crippen LogP contribution is -2.68. The zero-order valence-electron chi connectivity index (χ0n) is 44.4. The summed E-state index contributed by atoms with van der Waals surface area (Å²) >= 11 is 0. The molecule has 4 heterocycles. The Morgan fingerprint density at radius 1 is 0.605 bits per heavy atom. The summed E-state index contributed by atoms with van der Waals surface area (Å²) in [5.41, 5.74) is -1.37. The van der Waals surface area contributed by atoms with E-state index >= 15 is 0 Å². The van der Waals surface area contributed by atoms with Crippen LogP contribution < -0.4 is 0 Å². The van der Waals surface area contributed by atoms with Crippen molar-refractivity contribution in [1.29, 1.82) is 0 Å². The van der Waals surface area contributed by atoms with Gasteiger partial charge >= 0.3 is 11.9 Å². The number of carbonyl (C=O) groups excluding carboxylic acids is 1. The van der Waals surface area contributed by atoms with Crippen molar-refractivity contribution in [3.05, 3.63) is 11.6 Å². The van der Waals surface area contributed by atoms with Crippen molar-refractivity contribution in [1.82, 2.24) is 0 Å². The minimum Gasteiger partial charge on any atom is -0.479 e. The van der Waals surface area contributed by atoms with Crippen LogP contribution >= 0.6 is 0 Å². The Morgan fingerprint density at radius 2 is 1.20 bits per heavy atom. The molecule has 0 aromatic carbocycles. The van der Waals surface area contributed by atoms with Gasteiger partial charge in [0.2, 0.25) is 6.29 Å². The molecule has 76 heavy (non-hydrogen) atoms. The largest absolute Gasteiger partial charge is 0.479 e. The molecule has 9 aliphatic rings. The minimum absolute atomic E-state index is 0.0192. The Bertz CT molecular complexity index is 2140. The molecule has 4 saturated carbocycles. The summed E-state index contributed by atoms with van der Waals surface area (Å²) in [7, 11) is 0. The normalized spacial score (nSPS) is 52.9. The summed E-state index contributed by atoms with van der Waals surface area (Å²) in [5, 5.41) is 138. The van der Waals surface area contributed by atoms with Crippen LogP contribution in [0.3, 0.4) is 0 Å². The number of esters is 1. The summed E-state index contributed by atoms with van der Waals surface area (Å²) in [6.07, 6.45) is -24.8. The molecule has 0 bridgehead atoms. The second-order valence-corrected chi connectivity index (χ2v) is 25.9. The lowest BCUT2D eigenvalue weighted by molar-refractivity contribution is -0.386. The van der Waals surface area contributed by atoms with Gasteiger partial charge in [-0.15, -0.1) is 0 Å². The molecule has 4 saturated heterocycles. The van der Waals surface area contributed by atoms with Crippen LogP contribution in [0.25, 0.3) is 0 Å². The van der Waals surface area contributed by atoms with E-state index in [1.165, 1.54) is 5.57 Å². The molecule has 4 aliphatic heterocycles. The van der Waals surface area contributed by atoms with E-state index in [-0.39, 0.29) is 39.4 Å². The highest BCUT2D eigenvalue weighted by Gasteiger charge is 2.70. The number of aliphatic hydroxyl groups excluding tert-OH is 12. The van der Waals surface area contributed by atoms with E-state index in [2.05, 4.69) is 54.5 Å². The van der Waals surface area contributed by atoms with Crippen LogP contribution in [-0.4, -0.2) is 221 Å². The van der Waals surface area contributed by atoms with Crippen LogP contribution in [0.1, 0.15) is 113 Å². The predicted molar refractivity (Wildman–Crippen MR) is 257 cm³/mol.